The van der Waals surface area contributed by atoms with Gasteiger partial charge in [-0.3, -0.25) is 9.59 Å². The fraction of sp³-hybridized carbons (Fsp3) is 0.632. The van der Waals surface area contributed by atoms with Crippen molar-refractivity contribution in [3.8, 4) is 5.88 Å². The zero-order chi connectivity index (χ0) is 19.2. The number of ether oxygens (including phenoxy) is 2. The number of amides is 2. The Morgan fingerprint density at radius 1 is 1.44 bits per heavy atom. The van der Waals surface area contributed by atoms with Gasteiger partial charge in [0.25, 0.3) is 0 Å². The Balaban J connectivity index is 1.47. The molecule has 148 valence electrons. The lowest BCUT2D eigenvalue weighted by atomic mass is 10.1. The van der Waals surface area contributed by atoms with Crippen LogP contribution in [0, 0.1) is 5.92 Å². The largest absolute Gasteiger partial charge is 0.477 e. The molecule has 1 saturated heterocycles. The van der Waals surface area contributed by atoms with Crippen LogP contribution in [-0.4, -0.2) is 65.3 Å². The molecule has 0 aromatic carbocycles. The highest BCUT2D eigenvalue weighted by molar-refractivity contribution is 6.35. The molecule has 2 amide bonds. The highest BCUT2D eigenvalue weighted by Gasteiger charge is 2.31. The van der Waals surface area contributed by atoms with Crippen LogP contribution in [-0.2, 0) is 20.9 Å². The van der Waals surface area contributed by atoms with E-state index in [0.29, 0.717) is 44.6 Å². The van der Waals surface area contributed by atoms with E-state index in [0.717, 1.165) is 5.56 Å². The van der Waals surface area contributed by atoms with Gasteiger partial charge in [0.15, 0.2) is 0 Å². The molecule has 0 unspecified atom stereocenters. The molecule has 1 aromatic heterocycles. The van der Waals surface area contributed by atoms with Crippen molar-refractivity contribution in [2.75, 3.05) is 26.4 Å². The summed E-state index contributed by atoms with van der Waals surface area (Å²) in [5.41, 5.74) is 0.789. The van der Waals surface area contributed by atoms with Crippen LogP contribution in [0.5, 0.6) is 5.88 Å². The van der Waals surface area contributed by atoms with Crippen LogP contribution >= 0.6 is 0 Å². The highest BCUT2D eigenvalue weighted by atomic mass is 16.5. The smallest absolute Gasteiger partial charge is 0.312 e. The quantitative estimate of drug-likeness (QED) is 0.671. The molecule has 8 heteroatoms. The minimum Gasteiger partial charge on any atom is -0.477 e. The van der Waals surface area contributed by atoms with Gasteiger partial charge in [-0.15, -0.1) is 0 Å². The number of nitrogens with zero attached hydrogens (tertiary/aromatic N) is 2. The Hall–Kier alpha value is -2.19. The average molecular weight is 377 g/mol. The summed E-state index contributed by atoms with van der Waals surface area (Å²) in [6.07, 6.45) is 3.89. The average Bonchev–Trinajstić information content (AvgIpc) is 3.49. The summed E-state index contributed by atoms with van der Waals surface area (Å²) in [5, 5.41) is 12.2. The van der Waals surface area contributed by atoms with Crippen molar-refractivity contribution in [3.05, 3.63) is 23.9 Å². The Morgan fingerprint density at radius 2 is 2.26 bits per heavy atom. The van der Waals surface area contributed by atoms with E-state index < -0.39 is 17.9 Å². The van der Waals surface area contributed by atoms with Crippen LogP contribution in [0.2, 0.25) is 0 Å². The summed E-state index contributed by atoms with van der Waals surface area (Å²) in [7, 11) is 0. The third kappa shape index (κ3) is 5.90. The summed E-state index contributed by atoms with van der Waals surface area (Å²) >= 11 is 0. The van der Waals surface area contributed by atoms with Gasteiger partial charge in [0.05, 0.1) is 32.0 Å². The van der Waals surface area contributed by atoms with E-state index >= 15 is 0 Å². The van der Waals surface area contributed by atoms with Crippen LogP contribution in [0.25, 0.3) is 0 Å². The van der Waals surface area contributed by atoms with Crippen molar-refractivity contribution in [2.45, 2.75) is 44.9 Å². The van der Waals surface area contributed by atoms with Crippen molar-refractivity contribution in [1.29, 1.82) is 0 Å². The standard InChI is InChI=1S/C19H27N3O5/c1-13(23)8-16-12-26-7-6-22(16)19(25)18(24)21-10-15-4-5-17(20-9-15)27-11-14-2-3-14/h4-5,9,13-14,16,23H,2-3,6-8,10-12H2,1H3,(H,21,24)/t13-,16+/m0/s1. The molecular formula is C19H27N3O5. The molecule has 3 rings (SSSR count). The molecule has 0 spiro atoms. The van der Waals surface area contributed by atoms with E-state index in [2.05, 4.69) is 10.3 Å². The number of hydrogen-bond acceptors (Lipinski definition) is 6. The topological polar surface area (TPSA) is 101 Å². The van der Waals surface area contributed by atoms with Gasteiger partial charge in [-0.1, -0.05) is 6.07 Å². The van der Waals surface area contributed by atoms with E-state index in [1.807, 2.05) is 6.07 Å². The molecule has 2 atom stereocenters. The SMILES string of the molecule is C[C@H](O)C[C@@H]1COCCN1C(=O)C(=O)NCc1ccc(OCC2CC2)nc1. The van der Waals surface area contributed by atoms with Crippen LogP contribution < -0.4 is 10.1 Å². The number of rotatable bonds is 7. The summed E-state index contributed by atoms with van der Waals surface area (Å²) < 4.78 is 10.9. The number of aromatic nitrogens is 1. The molecule has 27 heavy (non-hydrogen) atoms. The summed E-state index contributed by atoms with van der Waals surface area (Å²) in [6.45, 7) is 3.63. The van der Waals surface area contributed by atoms with Gasteiger partial charge in [-0.25, -0.2) is 4.98 Å². The number of aliphatic hydroxyl groups excluding tert-OH is 1. The number of carbonyl (C=O) groups is 2. The van der Waals surface area contributed by atoms with Crippen LogP contribution in [0.15, 0.2) is 18.3 Å². The van der Waals surface area contributed by atoms with Crippen molar-refractivity contribution in [1.82, 2.24) is 15.2 Å². The van der Waals surface area contributed by atoms with Crippen LogP contribution in [0.3, 0.4) is 0 Å². The second kappa shape index (κ2) is 9.14. The minimum absolute atomic E-state index is 0.214. The first kappa shape index (κ1) is 19.6. The Bertz CT molecular complexity index is 645. The summed E-state index contributed by atoms with van der Waals surface area (Å²) in [6, 6.07) is 3.30. The molecule has 0 radical (unpaired) electrons. The molecule has 1 aliphatic carbocycles. The maximum Gasteiger partial charge on any atom is 0.312 e. The van der Waals surface area contributed by atoms with E-state index in [9.17, 15) is 14.7 Å². The fourth-order valence-electron chi connectivity index (χ4n) is 2.99. The maximum absolute atomic E-state index is 12.5. The number of carbonyl (C=O) groups excluding carboxylic acids is 2. The number of hydrogen-bond donors (Lipinski definition) is 2. The second-order valence-corrected chi connectivity index (χ2v) is 7.25. The number of pyridine rings is 1. The van der Waals surface area contributed by atoms with Gasteiger partial charge < -0.3 is 24.8 Å². The highest BCUT2D eigenvalue weighted by Crippen LogP contribution is 2.29. The first-order valence-corrected chi connectivity index (χ1v) is 9.45. The van der Waals surface area contributed by atoms with E-state index in [1.165, 1.54) is 17.7 Å². The molecule has 1 aliphatic heterocycles. The maximum atomic E-state index is 12.5. The lowest BCUT2D eigenvalue weighted by Crippen LogP contribution is -2.54. The van der Waals surface area contributed by atoms with Gasteiger partial charge in [-0.2, -0.15) is 0 Å². The number of aliphatic hydroxyl groups is 1. The minimum atomic E-state index is -0.665. The number of nitrogens with one attached hydrogen (secondary N) is 1. The fourth-order valence-corrected chi connectivity index (χ4v) is 2.99. The van der Waals surface area contributed by atoms with Crippen molar-refractivity contribution < 1.29 is 24.2 Å². The molecule has 2 N–H and O–H groups in total. The summed E-state index contributed by atoms with van der Waals surface area (Å²) in [4.78, 5) is 30.4. The first-order chi connectivity index (χ1) is 13.0. The van der Waals surface area contributed by atoms with E-state index in [-0.39, 0.29) is 12.6 Å². The van der Waals surface area contributed by atoms with Crippen LogP contribution in [0.1, 0.15) is 31.7 Å². The zero-order valence-corrected chi connectivity index (χ0v) is 15.6. The van der Waals surface area contributed by atoms with Crippen molar-refractivity contribution >= 4 is 11.8 Å². The molecule has 1 saturated carbocycles. The van der Waals surface area contributed by atoms with Gasteiger partial charge >= 0.3 is 11.8 Å². The van der Waals surface area contributed by atoms with Gasteiger partial charge in [-0.05, 0) is 37.7 Å². The van der Waals surface area contributed by atoms with E-state index in [4.69, 9.17) is 9.47 Å². The molecule has 2 fully saturated rings. The predicted octanol–water partition coefficient (Wildman–Crippen LogP) is 0.485. The monoisotopic (exact) mass is 377 g/mol. The van der Waals surface area contributed by atoms with Gasteiger partial charge in [0.1, 0.15) is 0 Å². The third-order valence-corrected chi connectivity index (χ3v) is 4.71. The predicted molar refractivity (Wildman–Crippen MR) is 96.9 cm³/mol. The normalized spacial score (nSPS) is 20.8. The molecule has 0 bridgehead atoms. The first-order valence-electron chi connectivity index (χ1n) is 9.45. The van der Waals surface area contributed by atoms with Gasteiger partial charge in [0, 0.05) is 25.4 Å². The van der Waals surface area contributed by atoms with Crippen LogP contribution in [0.4, 0.5) is 0 Å². The lowest BCUT2D eigenvalue weighted by molar-refractivity contribution is -0.152. The Labute approximate surface area is 158 Å². The zero-order valence-electron chi connectivity index (χ0n) is 15.6. The van der Waals surface area contributed by atoms with Crippen molar-refractivity contribution in [3.63, 3.8) is 0 Å². The molecule has 1 aromatic rings. The van der Waals surface area contributed by atoms with Gasteiger partial charge in [0.2, 0.25) is 5.88 Å². The molecule has 8 nitrogen and oxygen atoms in total. The third-order valence-electron chi connectivity index (χ3n) is 4.71. The van der Waals surface area contributed by atoms with E-state index in [1.54, 1.807) is 19.2 Å². The Kier molecular flexibility index (Phi) is 6.63. The molecule has 2 heterocycles. The number of morpholine rings is 1. The molecule has 2 aliphatic rings. The lowest BCUT2D eigenvalue weighted by Gasteiger charge is -2.35. The summed E-state index contributed by atoms with van der Waals surface area (Å²) in [5.74, 6) is -0.0280. The molecular weight excluding hydrogens is 350 g/mol. The van der Waals surface area contributed by atoms with Crippen molar-refractivity contribution in [2.24, 2.45) is 5.92 Å². The second-order valence-electron chi connectivity index (χ2n) is 7.25. The Morgan fingerprint density at radius 3 is 2.93 bits per heavy atom.